The molecule has 0 saturated heterocycles. The predicted molar refractivity (Wildman–Crippen MR) is 79.9 cm³/mol. The molecule has 1 aromatic rings. The van der Waals surface area contributed by atoms with Crippen LogP contribution >= 0.6 is 15.9 Å². The van der Waals surface area contributed by atoms with Crippen LogP contribution in [-0.4, -0.2) is 51.9 Å². The minimum Gasteiger partial charge on any atom is -0.496 e. The van der Waals surface area contributed by atoms with Gasteiger partial charge in [0.1, 0.15) is 12.4 Å². The SMILES string of the molecule is COCCOCC(=O)N(C)Cc1cc(Br)ccc1OC. The standard InChI is InChI=1S/C14H20BrNO4/c1-16(14(17)10-20-7-6-18-2)9-11-8-12(15)4-5-13(11)19-3/h4-5,8H,6-7,9-10H2,1-3H3. The van der Waals surface area contributed by atoms with E-state index in [1.54, 1.807) is 26.2 Å². The van der Waals surface area contributed by atoms with Crippen LogP contribution in [0.25, 0.3) is 0 Å². The highest BCUT2D eigenvalue weighted by atomic mass is 79.9. The number of likely N-dealkylation sites (N-methyl/N-ethyl adjacent to an activating group) is 1. The maximum atomic E-state index is 11.9. The summed E-state index contributed by atoms with van der Waals surface area (Å²) in [4.78, 5) is 13.5. The van der Waals surface area contributed by atoms with Crippen molar-refractivity contribution >= 4 is 21.8 Å². The molecule has 0 aromatic heterocycles. The molecule has 0 saturated carbocycles. The molecule has 5 nitrogen and oxygen atoms in total. The van der Waals surface area contributed by atoms with E-state index in [0.29, 0.717) is 19.8 Å². The van der Waals surface area contributed by atoms with Crippen molar-refractivity contribution in [3.8, 4) is 5.75 Å². The number of nitrogens with zero attached hydrogens (tertiary/aromatic N) is 1. The van der Waals surface area contributed by atoms with Crippen molar-refractivity contribution in [1.82, 2.24) is 4.90 Å². The second-order valence-electron chi connectivity index (χ2n) is 4.25. The molecule has 0 spiro atoms. The first kappa shape index (κ1) is 16.9. The van der Waals surface area contributed by atoms with Gasteiger partial charge in [-0.15, -0.1) is 0 Å². The molecule has 0 radical (unpaired) electrons. The highest BCUT2D eigenvalue weighted by Crippen LogP contribution is 2.24. The molecule has 1 aromatic carbocycles. The first-order chi connectivity index (χ1) is 9.58. The van der Waals surface area contributed by atoms with E-state index >= 15 is 0 Å². The van der Waals surface area contributed by atoms with Crippen LogP contribution < -0.4 is 4.74 Å². The lowest BCUT2D eigenvalue weighted by Crippen LogP contribution is -2.30. The van der Waals surface area contributed by atoms with Crippen molar-refractivity contribution in [3.05, 3.63) is 28.2 Å². The van der Waals surface area contributed by atoms with Crippen molar-refractivity contribution in [2.24, 2.45) is 0 Å². The number of carbonyl (C=O) groups excluding carboxylic acids is 1. The number of halogens is 1. The lowest BCUT2D eigenvalue weighted by molar-refractivity contribution is -0.135. The van der Waals surface area contributed by atoms with Gasteiger partial charge in [0, 0.05) is 30.7 Å². The Morgan fingerprint density at radius 1 is 1.30 bits per heavy atom. The van der Waals surface area contributed by atoms with Gasteiger partial charge in [-0.2, -0.15) is 0 Å². The summed E-state index contributed by atoms with van der Waals surface area (Å²) < 4.78 is 16.3. The summed E-state index contributed by atoms with van der Waals surface area (Å²) >= 11 is 3.41. The molecular formula is C14H20BrNO4. The Hall–Kier alpha value is -1.11. The van der Waals surface area contributed by atoms with Gasteiger partial charge in [0.2, 0.25) is 5.91 Å². The number of benzene rings is 1. The Bertz CT molecular complexity index is 439. The van der Waals surface area contributed by atoms with Crippen molar-refractivity contribution in [3.63, 3.8) is 0 Å². The lowest BCUT2D eigenvalue weighted by atomic mass is 10.2. The highest BCUT2D eigenvalue weighted by molar-refractivity contribution is 9.10. The van der Waals surface area contributed by atoms with E-state index in [9.17, 15) is 4.79 Å². The van der Waals surface area contributed by atoms with Crippen LogP contribution in [0.5, 0.6) is 5.75 Å². The molecular weight excluding hydrogens is 326 g/mol. The summed E-state index contributed by atoms with van der Waals surface area (Å²) in [7, 11) is 4.95. The largest absolute Gasteiger partial charge is 0.496 e. The number of amides is 1. The predicted octanol–water partition coefficient (Wildman–Crippen LogP) is 2.08. The van der Waals surface area contributed by atoms with Crippen LogP contribution in [0.1, 0.15) is 5.56 Å². The van der Waals surface area contributed by atoms with Crippen molar-refractivity contribution in [2.45, 2.75) is 6.54 Å². The first-order valence-corrected chi connectivity index (χ1v) is 7.00. The van der Waals surface area contributed by atoms with Crippen molar-refractivity contribution in [1.29, 1.82) is 0 Å². The highest BCUT2D eigenvalue weighted by Gasteiger charge is 2.12. The monoisotopic (exact) mass is 345 g/mol. The van der Waals surface area contributed by atoms with Gasteiger partial charge in [-0.05, 0) is 18.2 Å². The topological polar surface area (TPSA) is 48.0 Å². The molecule has 0 unspecified atom stereocenters. The molecule has 0 heterocycles. The Balaban J connectivity index is 2.54. The molecule has 1 amide bonds. The second kappa shape index (κ2) is 8.94. The van der Waals surface area contributed by atoms with Crippen LogP contribution in [0.4, 0.5) is 0 Å². The van der Waals surface area contributed by atoms with Crippen molar-refractivity contribution < 1.29 is 19.0 Å². The summed E-state index contributed by atoms with van der Waals surface area (Å²) in [6.07, 6.45) is 0. The number of methoxy groups -OCH3 is 2. The van der Waals surface area contributed by atoms with E-state index in [4.69, 9.17) is 14.2 Å². The number of rotatable bonds is 8. The molecule has 0 N–H and O–H groups in total. The quantitative estimate of drug-likeness (QED) is 0.677. The van der Waals surface area contributed by atoms with Gasteiger partial charge in [-0.3, -0.25) is 4.79 Å². The van der Waals surface area contributed by atoms with E-state index in [1.807, 2.05) is 18.2 Å². The number of hydrogen-bond acceptors (Lipinski definition) is 4. The third-order valence-corrected chi connectivity index (χ3v) is 3.23. The van der Waals surface area contributed by atoms with Crippen LogP contribution in [0.15, 0.2) is 22.7 Å². The Morgan fingerprint density at radius 3 is 2.70 bits per heavy atom. The van der Waals surface area contributed by atoms with E-state index in [-0.39, 0.29) is 12.5 Å². The zero-order valence-corrected chi connectivity index (χ0v) is 13.6. The first-order valence-electron chi connectivity index (χ1n) is 6.21. The smallest absolute Gasteiger partial charge is 0.248 e. The lowest BCUT2D eigenvalue weighted by Gasteiger charge is -2.19. The van der Waals surface area contributed by atoms with Gasteiger partial charge in [0.25, 0.3) is 0 Å². The molecule has 112 valence electrons. The van der Waals surface area contributed by atoms with Gasteiger partial charge in [-0.1, -0.05) is 15.9 Å². The van der Waals surface area contributed by atoms with Crippen LogP contribution in [0, 0.1) is 0 Å². The summed E-state index contributed by atoms with van der Waals surface area (Å²) in [5, 5.41) is 0. The Labute approximate surface area is 127 Å². The van der Waals surface area contributed by atoms with Gasteiger partial charge < -0.3 is 19.1 Å². The molecule has 6 heteroatoms. The average Bonchev–Trinajstić information content (AvgIpc) is 2.43. The molecule has 0 bridgehead atoms. The van der Waals surface area contributed by atoms with Gasteiger partial charge >= 0.3 is 0 Å². The molecule has 1 rings (SSSR count). The maximum Gasteiger partial charge on any atom is 0.248 e. The molecule has 0 fully saturated rings. The number of hydrogen-bond donors (Lipinski definition) is 0. The number of ether oxygens (including phenoxy) is 3. The van der Waals surface area contributed by atoms with Gasteiger partial charge in [-0.25, -0.2) is 0 Å². The molecule has 0 aliphatic carbocycles. The third kappa shape index (κ3) is 5.48. The van der Waals surface area contributed by atoms with E-state index < -0.39 is 0 Å². The number of carbonyl (C=O) groups is 1. The zero-order valence-electron chi connectivity index (χ0n) is 12.0. The Morgan fingerprint density at radius 2 is 2.05 bits per heavy atom. The third-order valence-electron chi connectivity index (χ3n) is 2.73. The van der Waals surface area contributed by atoms with Gasteiger partial charge in [0.15, 0.2) is 0 Å². The minimum atomic E-state index is -0.0804. The fourth-order valence-corrected chi connectivity index (χ4v) is 2.03. The fraction of sp³-hybridized carbons (Fsp3) is 0.500. The summed E-state index contributed by atoms with van der Waals surface area (Å²) in [5.41, 5.74) is 0.939. The molecule has 0 atom stereocenters. The van der Waals surface area contributed by atoms with Gasteiger partial charge in [0.05, 0.1) is 20.3 Å². The second-order valence-corrected chi connectivity index (χ2v) is 5.17. The maximum absolute atomic E-state index is 11.9. The fourth-order valence-electron chi connectivity index (χ4n) is 1.63. The molecule has 0 aliphatic rings. The molecule has 20 heavy (non-hydrogen) atoms. The van der Waals surface area contributed by atoms with E-state index in [1.165, 1.54) is 0 Å². The zero-order chi connectivity index (χ0) is 15.0. The van der Waals surface area contributed by atoms with Crippen LogP contribution in [0.2, 0.25) is 0 Å². The Kier molecular flexibility index (Phi) is 7.58. The van der Waals surface area contributed by atoms with E-state index in [2.05, 4.69) is 15.9 Å². The normalized spacial score (nSPS) is 10.4. The summed E-state index contributed by atoms with van der Waals surface area (Å²) in [6, 6.07) is 5.71. The average molecular weight is 346 g/mol. The summed E-state index contributed by atoms with van der Waals surface area (Å²) in [5.74, 6) is 0.677. The van der Waals surface area contributed by atoms with Crippen LogP contribution in [-0.2, 0) is 20.8 Å². The van der Waals surface area contributed by atoms with Crippen LogP contribution in [0.3, 0.4) is 0 Å². The van der Waals surface area contributed by atoms with Crippen molar-refractivity contribution in [2.75, 3.05) is 41.1 Å². The van der Waals surface area contributed by atoms with E-state index in [0.717, 1.165) is 15.8 Å². The summed E-state index contributed by atoms with van der Waals surface area (Å²) in [6.45, 7) is 1.41. The minimum absolute atomic E-state index is 0.0518. The molecule has 0 aliphatic heterocycles.